The van der Waals surface area contributed by atoms with Crippen LogP contribution in [0.3, 0.4) is 0 Å². The molecule has 116 valence electrons. The minimum absolute atomic E-state index is 0.123. The molecule has 0 saturated carbocycles. The monoisotopic (exact) mass is 281 g/mol. The molecule has 0 aromatic heterocycles. The van der Waals surface area contributed by atoms with E-state index in [1.54, 1.807) is 0 Å². The van der Waals surface area contributed by atoms with Crippen molar-refractivity contribution in [1.29, 1.82) is 0 Å². The summed E-state index contributed by atoms with van der Waals surface area (Å²) in [5, 5.41) is 6.56. The van der Waals surface area contributed by atoms with Gasteiger partial charge in [-0.3, -0.25) is 9.69 Å². The number of hydrogen-bond donors (Lipinski definition) is 2. The Hall–Kier alpha value is -0.610. The first kappa shape index (κ1) is 15.8. The van der Waals surface area contributed by atoms with Crippen molar-refractivity contribution in [2.75, 3.05) is 26.2 Å². The number of piperidine rings is 1. The van der Waals surface area contributed by atoms with Crippen LogP contribution in [0.25, 0.3) is 0 Å². The Morgan fingerprint density at radius 3 is 2.60 bits per heavy atom. The molecule has 0 bridgehead atoms. The SMILES string of the molecule is CC(C)(C)CCNC(=O)C1CCCN1C1CCNCC1. The smallest absolute Gasteiger partial charge is 0.237 e. The van der Waals surface area contributed by atoms with Gasteiger partial charge in [0.25, 0.3) is 0 Å². The number of nitrogens with zero attached hydrogens (tertiary/aromatic N) is 1. The molecule has 2 heterocycles. The fourth-order valence-electron chi connectivity index (χ4n) is 3.32. The van der Waals surface area contributed by atoms with Gasteiger partial charge in [0, 0.05) is 12.6 Å². The standard InChI is InChI=1S/C16H31N3O/c1-16(2,3)8-11-18-15(20)14-5-4-12-19(14)13-6-9-17-10-7-13/h13-14,17H,4-12H2,1-3H3,(H,18,20). The van der Waals surface area contributed by atoms with Crippen LogP contribution in [0.15, 0.2) is 0 Å². The average molecular weight is 281 g/mol. The lowest BCUT2D eigenvalue weighted by molar-refractivity contribution is -0.126. The highest BCUT2D eigenvalue weighted by Gasteiger charge is 2.35. The number of amides is 1. The van der Waals surface area contributed by atoms with Crippen LogP contribution in [0.2, 0.25) is 0 Å². The van der Waals surface area contributed by atoms with E-state index in [4.69, 9.17) is 0 Å². The Morgan fingerprint density at radius 2 is 1.95 bits per heavy atom. The molecule has 0 aromatic rings. The van der Waals surface area contributed by atoms with Crippen molar-refractivity contribution in [2.45, 2.75) is 65.0 Å². The molecule has 0 spiro atoms. The predicted octanol–water partition coefficient (Wildman–Crippen LogP) is 1.76. The lowest BCUT2D eigenvalue weighted by atomic mass is 9.92. The molecule has 0 radical (unpaired) electrons. The van der Waals surface area contributed by atoms with Crippen molar-refractivity contribution in [2.24, 2.45) is 5.41 Å². The molecule has 2 fully saturated rings. The van der Waals surface area contributed by atoms with Crippen molar-refractivity contribution < 1.29 is 4.79 Å². The van der Waals surface area contributed by atoms with Gasteiger partial charge in [-0.15, -0.1) is 0 Å². The van der Waals surface area contributed by atoms with Gasteiger partial charge >= 0.3 is 0 Å². The van der Waals surface area contributed by atoms with Gasteiger partial charge in [-0.25, -0.2) is 0 Å². The van der Waals surface area contributed by atoms with Crippen LogP contribution in [-0.2, 0) is 4.79 Å². The van der Waals surface area contributed by atoms with Gasteiger partial charge in [-0.05, 0) is 57.2 Å². The summed E-state index contributed by atoms with van der Waals surface area (Å²) in [7, 11) is 0. The van der Waals surface area contributed by atoms with Gasteiger partial charge in [-0.1, -0.05) is 20.8 Å². The summed E-state index contributed by atoms with van der Waals surface area (Å²) in [5.74, 6) is 0.255. The summed E-state index contributed by atoms with van der Waals surface area (Å²) < 4.78 is 0. The molecule has 4 nitrogen and oxygen atoms in total. The topological polar surface area (TPSA) is 44.4 Å². The quantitative estimate of drug-likeness (QED) is 0.825. The molecule has 2 aliphatic rings. The molecule has 0 aliphatic carbocycles. The Morgan fingerprint density at radius 1 is 1.25 bits per heavy atom. The van der Waals surface area contributed by atoms with Crippen LogP contribution in [0.5, 0.6) is 0 Å². The van der Waals surface area contributed by atoms with Crippen LogP contribution < -0.4 is 10.6 Å². The fraction of sp³-hybridized carbons (Fsp3) is 0.938. The zero-order chi connectivity index (χ0) is 14.6. The van der Waals surface area contributed by atoms with Gasteiger partial charge in [0.2, 0.25) is 5.91 Å². The Kier molecular flexibility index (Phi) is 5.44. The molecule has 2 saturated heterocycles. The van der Waals surface area contributed by atoms with E-state index in [9.17, 15) is 4.79 Å². The van der Waals surface area contributed by atoms with Gasteiger partial charge in [0.05, 0.1) is 6.04 Å². The van der Waals surface area contributed by atoms with Crippen molar-refractivity contribution in [3.8, 4) is 0 Å². The Bertz CT molecular complexity index is 318. The highest BCUT2D eigenvalue weighted by molar-refractivity contribution is 5.82. The normalized spacial score (nSPS) is 25.9. The van der Waals surface area contributed by atoms with E-state index in [1.807, 2.05) is 0 Å². The second-order valence-electron chi connectivity index (χ2n) is 7.48. The predicted molar refractivity (Wildman–Crippen MR) is 82.7 cm³/mol. The molecule has 1 unspecified atom stereocenters. The maximum absolute atomic E-state index is 12.4. The van der Waals surface area contributed by atoms with Gasteiger partial charge < -0.3 is 10.6 Å². The van der Waals surface area contributed by atoms with E-state index in [0.29, 0.717) is 6.04 Å². The van der Waals surface area contributed by atoms with Crippen LogP contribution in [0.1, 0.15) is 52.9 Å². The number of hydrogen-bond acceptors (Lipinski definition) is 3. The van der Waals surface area contributed by atoms with Crippen LogP contribution in [-0.4, -0.2) is 49.1 Å². The van der Waals surface area contributed by atoms with Crippen LogP contribution >= 0.6 is 0 Å². The maximum Gasteiger partial charge on any atom is 0.237 e. The Labute approximate surface area is 123 Å². The third kappa shape index (κ3) is 4.45. The Balaban J connectivity index is 1.81. The third-order valence-corrected chi connectivity index (χ3v) is 4.55. The summed E-state index contributed by atoms with van der Waals surface area (Å²) in [6.45, 7) is 10.8. The van der Waals surface area contributed by atoms with E-state index < -0.39 is 0 Å². The molecule has 20 heavy (non-hydrogen) atoms. The zero-order valence-electron chi connectivity index (χ0n) is 13.4. The first-order chi connectivity index (χ1) is 9.47. The number of carbonyl (C=O) groups is 1. The lowest BCUT2D eigenvalue weighted by Gasteiger charge is -2.35. The van der Waals surface area contributed by atoms with Crippen molar-refractivity contribution in [1.82, 2.24) is 15.5 Å². The average Bonchev–Trinajstić information content (AvgIpc) is 2.87. The summed E-state index contributed by atoms with van der Waals surface area (Å²) >= 11 is 0. The van der Waals surface area contributed by atoms with Crippen LogP contribution in [0, 0.1) is 5.41 Å². The van der Waals surface area contributed by atoms with E-state index in [0.717, 1.165) is 39.0 Å². The number of rotatable bonds is 4. The molecule has 0 aromatic carbocycles. The van der Waals surface area contributed by atoms with Gasteiger partial charge in [0.1, 0.15) is 0 Å². The zero-order valence-corrected chi connectivity index (χ0v) is 13.4. The fourth-order valence-corrected chi connectivity index (χ4v) is 3.32. The molecular formula is C16H31N3O. The molecule has 1 atom stereocenters. The minimum atomic E-state index is 0.123. The van der Waals surface area contributed by atoms with Crippen molar-refractivity contribution >= 4 is 5.91 Å². The number of nitrogens with one attached hydrogen (secondary N) is 2. The highest BCUT2D eigenvalue weighted by atomic mass is 16.2. The minimum Gasteiger partial charge on any atom is -0.355 e. The van der Waals surface area contributed by atoms with Gasteiger partial charge in [-0.2, -0.15) is 0 Å². The number of likely N-dealkylation sites (tertiary alicyclic amines) is 1. The number of carbonyl (C=O) groups excluding carboxylic acids is 1. The summed E-state index contributed by atoms with van der Waals surface area (Å²) in [5.41, 5.74) is 0.289. The lowest BCUT2D eigenvalue weighted by Crippen LogP contribution is -2.51. The van der Waals surface area contributed by atoms with E-state index in [-0.39, 0.29) is 17.4 Å². The van der Waals surface area contributed by atoms with E-state index in [2.05, 4.69) is 36.3 Å². The molecule has 2 rings (SSSR count). The van der Waals surface area contributed by atoms with Crippen molar-refractivity contribution in [3.05, 3.63) is 0 Å². The molecule has 1 amide bonds. The maximum atomic E-state index is 12.4. The summed E-state index contributed by atoms with van der Waals surface area (Å²) in [6.07, 6.45) is 5.61. The molecule has 4 heteroatoms. The second kappa shape index (κ2) is 6.90. The molecular weight excluding hydrogens is 250 g/mol. The molecule has 2 N–H and O–H groups in total. The van der Waals surface area contributed by atoms with Gasteiger partial charge in [0.15, 0.2) is 0 Å². The van der Waals surface area contributed by atoms with Crippen molar-refractivity contribution in [3.63, 3.8) is 0 Å². The molecule has 2 aliphatic heterocycles. The van der Waals surface area contributed by atoms with E-state index >= 15 is 0 Å². The van der Waals surface area contributed by atoms with Crippen LogP contribution in [0.4, 0.5) is 0 Å². The summed E-state index contributed by atoms with van der Waals surface area (Å²) in [6, 6.07) is 0.732. The third-order valence-electron chi connectivity index (χ3n) is 4.55. The first-order valence-electron chi connectivity index (χ1n) is 8.21. The first-order valence-corrected chi connectivity index (χ1v) is 8.21. The highest BCUT2D eigenvalue weighted by Crippen LogP contribution is 2.24. The van der Waals surface area contributed by atoms with E-state index in [1.165, 1.54) is 19.3 Å². The summed E-state index contributed by atoms with van der Waals surface area (Å²) in [4.78, 5) is 14.9. The largest absolute Gasteiger partial charge is 0.355 e. The second-order valence-corrected chi connectivity index (χ2v) is 7.48.